The molecule has 2 saturated heterocycles. The minimum Gasteiger partial charge on any atom is -0.350 e. The summed E-state index contributed by atoms with van der Waals surface area (Å²) in [6.07, 6.45) is -0.121. The molecule has 2 rings (SSSR count). The summed E-state index contributed by atoms with van der Waals surface area (Å²) in [5, 5.41) is 27.1. The van der Waals surface area contributed by atoms with E-state index in [1.165, 1.54) is 0 Å². The number of ether oxygens (including phenoxy) is 4. The van der Waals surface area contributed by atoms with Gasteiger partial charge in [-0.3, -0.25) is 0 Å². The van der Waals surface area contributed by atoms with Crippen LogP contribution in [-0.4, -0.2) is 49.1 Å². The number of rotatable bonds is 10. The van der Waals surface area contributed by atoms with E-state index in [-0.39, 0.29) is 0 Å². The zero-order valence-electron chi connectivity index (χ0n) is 14.6. The van der Waals surface area contributed by atoms with E-state index in [0.717, 1.165) is 12.8 Å². The van der Waals surface area contributed by atoms with Crippen LogP contribution in [0.2, 0.25) is 0 Å². The van der Waals surface area contributed by atoms with Crippen molar-refractivity contribution in [1.29, 1.82) is 10.5 Å². The van der Waals surface area contributed by atoms with Gasteiger partial charge < -0.3 is 18.9 Å². The first-order valence-corrected chi connectivity index (χ1v) is 8.24. The molecule has 0 aromatic heterocycles. The standard InChI is InChI=1S/C16H24N4O4/c1-5-7-21-13-11(23-13)15(3,9-17)19-20-16(4,10-18)12-14(24-12)22-8-6-2/h11-14H,5-8H2,1-4H3. The molecule has 6 unspecified atom stereocenters. The first-order valence-electron chi connectivity index (χ1n) is 8.24. The highest BCUT2D eigenvalue weighted by atomic mass is 16.8. The van der Waals surface area contributed by atoms with E-state index in [9.17, 15) is 10.5 Å². The van der Waals surface area contributed by atoms with Crippen molar-refractivity contribution in [3.05, 3.63) is 0 Å². The molecular weight excluding hydrogens is 312 g/mol. The van der Waals surface area contributed by atoms with E-state index in [1.54, 1.807) is 13.8 Å². The monoisotopic (exact) mass is 336 g/mol. The normalized spacial score (nSPS) is 33.2. The number of nitriles is 2. The summed E-state index contributed by atoms with van der Waals surface area (Å²) in [7, 11) is 0. The van der Waals surface area contributed by atoms with Crippen LogP contribution in [0.1, 0.15) is 40.5 Å². The lowest BCUT2D eigenvalue weighted by atomic mass is 10.00. The van der Waals surface area contributed by atoms with Crippen molar-refractivity contribution in [2.75, 3.05) is 13.2 Å². The van der Waals surface area contributed by atoms with E-state index in [4.69, 9.17) is 18.9 Å². The van der Waals surface area contributed by atoms with Gasteiger partial charge in [-0.1, -0.05) is 13.8 Å². The van der Waals surface area contributed by atoms with Crippen LogP contribution in [0, 0.1) is 22.7 Å². The Labute approximate surface area is 142 Å². The topological polar surface area (TPSA) is 116 Å². The molecule has 8 nitrogen and oxygen atoms in total. The largest absolute Gasteiger partial charge is 0.350 e. The predicted molar refractivity (Wildman–Crippen MR) is 82.7 cm³/mol. The third-order valence-electron chi connectivity index (χ3n) is 3.90. The van der Waals surface area contributed by atoms with Gasteiger partial charge in [-0.2, -0.15) is 20.8 Å². The fourth-order valence-corrected chi connectivity index (χ4v) is 2.21. The molecule has 24 heavy (non-hydrogen) atoms. The fraction of sp³-hybridized carbons (Fsp3) is 0.875. The van der Waals surface area contributed by atoms with Gasteiger partial charge >= 0.3 is 0 Å². The van der Waals surface area contributed by atoms with Gasteiger partial charge in [0.2, 0.25) is 0 Å². The highest BCUT2D eigenvalue weighted by Gasteiger charge is 2.57. The van der Waals surface area contributed by atoms with Crippen molar-refractivity contribution in [2.45, 2.75) is 76.4 Å². The Hall–Kier alpha value is -1.58. The molecular formula is C16H24N4O4. The Morgan fingerprint density at radius 3 is 1.54 bits per heavy atom. The molecule has 0 N–H and O–H groups in total. The Kier molecular flexibility index (Phi) is 5.89. The van der Waals surface area contributed by atoms with Crippen molar-refractivity contribution < 1.29 is 18.9 Å². The Balaban J connectivity index is 1.99. The summed E-state index contributed by atoms with van der Waals surface area (Å²) >= 11 is 0. The summed E-state index contributed by atoms with van der Waals surface area (Å²) in [6.45, 7) is 8.33. The zero-order valence-corrected chi connectivity index (χ0v) is 14.6. The SMILES string of the molecule is CCCOC1OC1C(C)(C#N)N=NC(C)(C#N)C1OC1OCCC. The van der Waals surface area contributed by atoms with Crippen LogP contribution >= 0.6 is 0 Å². The van der Waals surface area contributed by atoms with Gasteiger partial charge in [0, 0.05) is 13.2 Å². The molecule has 2 aliphatic heterocycles. The van der Waals surface area contributed by atoms with Crippen LogP contribution in [-0.2, 0) is 18.9 Å². The molecule has 0 radical (unpaired) electrons. The van der Waals surface area contributed by atoms with E-state index >= 15 is 0 Å². The molecule has 132 valence electrons. The van der Waals surface area contributed by atoms with Gasteiger partial charge in [-0.25, -0.2) is 0 Å². The van der Waals surface area contributed by atoms with Crippen molar-refractivity contribution in [3.8, 4) is 12.1 Å². The van der Waals surface area contributed by atoms with E-state index in [1.807, 2.05) is 13.8 Å². The quantitative estimate of drug-likeness (QED) is 0.446. The van der Waals surface area contributed by atoms with Gasteiger partial charge in [-0.15, -0.1) is 0 Å². The number of hydrogen-bond acceptors (Lipinski definition) is 8. The Bertz CT molecular complexity index is 509. The summed E-state index contributed by atoms with van der Waals surface area (Å²) in [6, 6.07) is 4.20. The van der Waals surface area contributed by atoms with E-state index in [2.05, 4.69) is 22.4 Å². The molecule has 0 saturated carbocycles. The first-order chi connectivity index (χ1) is 11.4. The highest BCUT2D eigenvalue weighted by molar-refractivity contribution is 5.18. The third-order valence-corrected chi connectivity index (χ3v) is 3.90. The second kappa shape index (κ2) is 7.54. The maximum absolute atomic E-state index is 9.45. The molecule has 8 heteroatoms. The summed E-state index contributed by atoms with van der Waals surface area (Å²) < 4.78 is 21.7. The lowest BCUT2D eigenvalue weighted by molar-refractivity contribution is 0.0504. The molecule has 0 aromatic carbocycles. The molecule has 2 aliphatic rings. The maximum atomic E-state index is 9.45. The second-order valence-electron chi connectivity index (χ2n) is 6.31. The lowest BCUT2D eigenvalue weighted by Crippen LogP contribution is -2.33. The van der Waals surface area contributed by atoms with Crippen LogP contribution in [0.4, 0.5) is 0 Å². The molecule has 0 aromatic rings. The highest BCUT2D eigenvalue weighted by Crippen LogP contribution is 2.39. The molecule has 2 fully saturated rings. The van der Waals surface area contributed by atoms with Gasteiger partial charge in [-0.05, 0) is 26.7 Å². The molecule has 0 amide bonds. The van der Waals surface area contributed by atoms with Gasteiger partial charge in [0.05, 0.1) is 12.1 Å². The predicted octanol–water partition coefficient (Wildman–Crippen LogP) is 2.31. The second-order valence-corrected chi connectivity index (χ2v) is 6.31. The lowest BCUT2D eigenvalue weighted by Gasteiger charge is -2.16. The van der Waals surface area contributed by atoms with E-state index < -0.39 is 35.9 Å². The molecule has 0 spiro atoms. The van der Waals surface area contributed by atoms with Crippen LogP contribution in [0.15, 0.2) is 10.2 Å². The average molecular weight is 336 g/mol. The number of epoxide rings is 2. The fourth-order valence-electron chi connectivity index (χ4n) is 2.21. The summed E-state index contributed by atoms with van der Waals surface area (Å²) in [5.41, 5.74) is -2.41. The summed E-state index contributed by atoms with van der Waals surface area (Å²) in [5.74, 6) is 0. The molecule has 0 bridgehead atoms. The van der Waals surface area contributed by atoms with Crippen molar-refractivity contribution >= 4 is 0 Å². The van der Waals surface area contributed by atoms with Gasteiger partial charge in [0.1, 0.15) is 0 Å². The van der Waals surface area contributed by atoms with Crippen molar-refractivity contribution in [3.63, 3.8) is 0 Å². The molecule has 0 aliphatic carbocycles. The Morgan fingerprint density at radius 1 is 0.875 bits per heavy atom. The molecule has 2 heterocycles. The van der Waals surface area contributed by atoms with Crippen molar-refractivity contribution in [1.82, 2.24) is 0 Å². The van der Waals surface area contributed by atoms with Crippen LogP contribution in [0.25, 0.3) is 0 Å². The summed E-state index contributed by atoms with van der Waals surface area (Å²) in [4.78, 5) is 0. The first kappa shape index (κ1) is 18.8. The average Bonchev–Trinajstić information content (AvgIpc) is 3.50. The van der Waals surface area contributed by atoms with Crippen LogP contribution in [0.5, 0.6) is 0 Å². The van der Waals surface area contributed by atoms with E-state index in [0.29, 0.717) is 13.2 Å². The number of azo groups is 1. The van der Waals surface area contributed by atoms with Gasteiger partial charge in [0.25, 0.3) is 0 Å². The molecule has 6 atom stereocenters. The minimum atomic E-state index is -1.20. The number of hydrogen-bond donors (Lipinski definition) is 0. The van der Waals surface area contributed by atoms with Crippen molar-refractivity contribution in [2.24, 2.45) is 10.2 Å². The smallest absolute Gasteiger partial charge is 0.195 e. The van der Waals surface area contributed by atoms with Crippen LogP contribution in [0.3, 0.4) is 0 Å². The zero-order chi connectivity index (χ0) is 17.8. The number of nitrogens with zero attached hydrogens (tertiary/aromatic N) is 4. The van der Waals surface area contributed by atoms with Crippen LogP contribution < -0.4 is 0 Å². The van der Waals surface area contributed by atoms with Gasteiger partial charge in [0.15, 0.2) is 35.9 Å². The third kappa shape index (κ3) is 4.08. The maximum Gasteiger partial charge on any atom is 0.195 e. The Morgan fingerprint density at radius 2 is 1.25 bits per heavy atom. The minimum absolute atomic E-state index is 0.445.